The number of nitrogens with one attached hydrogen (secondary N) is 1. The molecule has 0 saturated heterocycles. The van der Waals surface area contributed by atoms with Gasteiger partial charge in [-0.05, 0) is 50.1 Å². The van der Waals surface area contributed by atoms with Crippen molar-refractivity contribution in [1.29, 1.82) is 0 Å². The van der Waals surface area contributed by atoms with Gasteiger partial charge in [0.15, 0.2) is 0 Å². The smallest absolute Gasteiger partial charge is 0.261 e. The molecule has 122 valence electrons. The van der Waals surface area contributed by atoms with Crippen molar-refractivity contribution in [3.8, 4) is 0 Å². The average Bonchev–Trinajstić information content (AvgIpc) is 2.88. The van der Waals surface area contributed by atoms with Gasteiger partial charge in [-0.1, -0.05) is 12.1 Å². The third-order valence-electron chi connectivity index (χ3n) is 3.09. The number of hydrazone groups is 1. The van der Waals surface area contributed by atoms with E-state index in [0.717, 1.165) is 13.1 Å². The number of hydrogen-bond acceptors (Lipinski definition) is 5. The Hall–Kier alpha value is -1.84. The summed E-state index contributed by atoms with van der Waals surface area (Å²) in [5.41, 5.74) is 2.75. The quantitative estimate of drug-likeness (QED) is 0.471. The molecule has 1 amide bonds. The third-order valence-corrected chi connectivity index (χ3v) is 6.28. The summed E-state index contributed by atoms with van der Waals surface area (Å²) < 4.78 is 3.13. The maximum Gasteiger partial charge on any atom is 0.261 e. The van der Waals surface area contributed by atoms with E-state index >= 15 is 0 Å². The van der Waals surface area contributed by atoms with E-state index in [4.69, 9.17) is 0 Å². The zero-order valence-electron chi connectivity index (χ0n) is 12.1. The maximum absolute atomic E-state index is 12.3. The molecule has 2 aromatic heterocycles. The molecule has 0 aliphatic rings. The SMILES string of the molecule is O=C(Cn1cnc2ccccc2c1=O)N/N=C\c1cc(Br)c(Br)s1. The summed E-state index contributed by atoms with van der Waals surface area (Å²) in [6.07, 6.45) is 2.90. The van der Waals surface area contributed by atoms with Gasteiger partial charge >= 0.3 is 0 Å². The molecule has 0 saturated carbocycles. The first-order valence-corrected chi connectivity index (χ1v) is 9.16. The number of amides is 1. The molecule has 3 aromatic rings. The lowest BCUT2D eigenvalue weighted by molar-refractivity contribution is -0.121. The van der Waals surface area contributed by atoms with Crippen LogP contribution in [0.4, 0.5) is 0 Å². The molecule has 0 radical (unpaired) electrons. The fraction of sp³-hybridized carbons (Fsp3) is 0.0667. The van der Waals surface area contributed by atoms with Crippen molar-refractivity contribution in [2.75, 3.05) is 0 Å². The molecule has 0 spiro atoms. The Morgan fingerprint density at radius 3 is 2.92 bits per heavy atom. The molecule has 24 heavy (non-hydrogen) atoms. The summed E-state index contributed by atoms with van der Waals surface area (Å²) in [6, 6.07) is 8.88. The minimum absolute atomic E-state index is 0.147. The normalized spacial score (nSPS) is 11.2. The van der Waals surface area contributed by atoms with Crippen LogP contribution in [0.5, 0.6) is 0 Å². The van der Waals surface area contributed by atoms with E-state index in [2.05, 4.69) is 47.4 Å². The van der Waals surface area contributed by atoms with Gasteiger partial charge in [-0.2, -0.15) is 5.10 Å². The molecule has 9 heteroatoms. The predicted molar refractivity (Wildman–Crippen MR) is 101 cm³/mol. The Labute approximate surface area is 157 Å². The van der Waals surface area contributed by atoms with Gasteiger partial charge in [0, 0.05) is 9.35 Å². The molecular formula is C15H10Br2N4O2S. The van der Waals surface area contributed by atoms with E-state index in [1.807, 2.05) is 12.1 Å². The van der Waals surface area contributed by atoms with Crippen molar-refractivity contribution in [3.05, 3.63) is 60.1 Å². The number of carbonyl (C=O) groups is 1. The predicted octanol–water partition coefficient (Wildman–Crippen LogP) is 3.13. The van der Waals surface area contributed by atoms with Crippen molar-refractivity contribution in [2.45, 2.75) is 6.54 Å². The van der Waals surface area contributed by atoms with Crippen LogP contribution in [0.15, 0.2) is 54.8 Å². The van der Waals surface area contributed by atoms with Crippen LogP contribution in [0, 0.1) is 0 Å². The second kappa shape index (κ2) is 7.37. The molecule has 0 aliphatic heterocycles. The molecule has 0 bridgehead atoms. The van der Waals surface area contributed by atoms with E-state index < -0.39 is 5.91 Å². The van der Waals surface area contributed by atoms with Crippen molar-refractivity contribution >= 4 is 66.2 Å². The number of hydrogen-bond donors (Lipinski definition) is 1. The van der Waals surface area contributed by atoms with Gasteiger partial charge < -0.3 is 0 Å². The highest BCUT2D eigenvalue weighted by atomic mass is 79.9. The van der Waals surface area contributed by atoms with E-state index in [1.165, 1.54) is 22.2 Å². The van der Waals surface area contributed by atoms with Crippen LogP contribution in [-0.2, 0) is 11.3 Å². The molecule has 0 fully saturated rings. The first kappa shape index (κ1) is 17.0. The number of para-hydroxylation sites is 1. The number of rotatable bonds is 4. The monoisotopic (exact) mass is 468 g/mol. The van der Waals surface area contributed by atoms with Crippen molar-refractivity contribution in [3.63, 3.8) is 0 Å². The number of nitrogens with zero attached hydrogens (tertiary/aromatic N) is 3. The summed E-state index contributed by atoms with van der Waals surface area (Å²) in [5, 5.41) is 4.37. The molecule has 0 aliphatic carbocycles. The molecule has 3 rings (SSSR count). The van der Waals surface area contributed by atoms with Crippen molar-refractivity contribution < 1.29 is 4.79 Å². The van der Waals surface area contributed by atoms with Gasteiger partial charge in [-0.25, -0.2) is 10.4 Å². The van der Waals surface area contributed by atoms with Crippen LogP contribution in [0.25, 0.3) is 10.9 Å². The van der Waals surface area contributed by atoms with Crippen LogP contribution < -0.4 is 11.0 Å². The van der Waals surface area contributed by atoms with Crippen LogP contribution in [-0.4, -0.2) is 21.7 Å². The lowest BCUT2D eigenvalue weighted by Gasteiger charge is -2.05. The number of carbonyl (C=O) groups excluding carboxylic acids is 1. The fourth-order valence-electron chi connectivity index (χ4n) is 2.00. The maximum atomic E-state index is 12.3. The topological polar surface area (TPSA) is 76.3 Å². The van der Waals surface area contributed by atoms with Crippen LogP contribution in [0.3, 0.4) is 0 Å². The van der Waals surface area contributed by atoms with Gasteiger partial charge in [0.05, 0.1) is 27.2 Å². The minimum Gasteiger partial charge on any atom is -0.289 e. The van der Waals surface area contributed by atoms with Crippen LogP contribution in [0.2, 0.25) is 0 Å². The molecule has 1 N–H and O–H groups in total. The standard InChI is InChI=1S/C15H10Br2N4O2S/c16-11-5-9(24-14(11)17)6-19-20-13(22)7-21-8-18-12-4-2-1-3-10(12)15(21)23/h1-6,8H,7H2,(H,20,22)/b19-6-. The first-order chi connectivity index (χ1) is 11.5. The Morgan fingerprint density at radius 1 is 1.38 bits per heavy atom. The lowest BCUT2D eigenvalue weighted by Crippen LogP contribution is -2.30. The first-order valence-electron chi connectivity index (χ1n) is 6.75. The zero-order valence-corrected chi connectivity index (χ0v) is 16.1. The summed E-state index contributed by atoms with van der Waals surface area (Å²) in [6.45, 7) is -0.147. The van der Waals surface area contributed by atoms with E-state index in [9.17, 15) is 9.59 Å². The highest BCUT2D eigenvalue weighted by Gasteiger charge is 2.07. The zero-order chi connectivity index (χ0) is 17.1. The van der Waals surface area contributed by atoms with Crippen molar-refractivity contribution in [1.82, 2.24) is 15.0 Å². The molecule has 0 unspecified atom stereocenters. The van der Waals surface area contributed by atoms with Gasteiger partial charge in [0.2, 0.25) is 0 Å². The van der Waals surface area contributed by atoms with Crippen LogP contribution in [0.1, 0.15) is 4.88 Å². The summed E-state index contributed by atoms with van der Waals surface area (Å²) >= 11 is 8.24. The molecule has 0 atom stereocenters. The Bertz CT molecular complexity index is 977. The molecular weight excluding hydrogens is 460 g/mol. The van der Waals surface area contributed by atoms with Crippen LogP contribution >= 0.6 is 43.2 Å². The van der Waals surface area contributed by atoms with Gasteiger partial charge in [-0.15, -0.1) is 11.3 Å². The molecule has 6 nitrogen and oxygen atoms in total. The Kier molecular flexibility index (Phi) is 5.22. The van der Waals surface area contributed by atoms with E-state index in [-0.39, 0.29) is 12.1 Å². The average molecular weight is 470 g/mol. The second-order valence-electron chi connectivity index (χ2n) is 4.76. The largest absolute Gasteiger partial charge is 0.289 e. The number of halogens is 2. The number of benzene rings is 1. The number of fused-ring (bicyclic) bond motifs is 1. The number of thiophene rings is 1. The van der Waals surface area contributed by atoms with Gasteiger partial charge in [0.1, 0.15) is 6.54 Å². The highest BCUT2D eigenvalue weighted by Crippen LogP contribution is 2.31. The minimum atomic E-state index is -0.403. The second-order valence-corrected chi connectivity index (χ2v) is 8.01. The lowest BCUT2D eigenvalue weighted by atomic mass is 10.2. The Morgan fingerprint density at radius 2 is 2.17 bits per heavy atom. The summed E-state index contributed by atoms with van der Waals surface area (Å²) in [5.74, 6) is -0.403. The summed E-state index contributed by atoms with van der Waals surface area (Å²) in [4.78, 5) is 29.3. The summed E-state index contributed by atoms with van der Waals surface area (Å²) in [7, 11) is 0. The van der Waals surface area contributed by atoms with E-state index in [1.54, 1.807) is 24.4 Å². The van der Waals surface area contributed by atoms with E-state index in [0.29, 0.717) is 10.9 Å². The highest BCUT2D eigenvalue weighted by molar-refractivity contribution is 9.13. The number of aromatic nitrogens is 2. The Balaban J connectivity index is 1.69. The molecule has 2 heterocycles. The van der Waals surface area contributed by atoms with Gasteiger partial charge in [-0.3, -0.25) is 14.2 Å². The van der Waals surface area contributed by atoms with Gasteiger partial charge in [0.25, 0.3) is 11.5 Å². The van der Waals surface area contributed by atoms with Crippen molar-refractivity contribution in [2.24, 2.45) is 5.10 Å². The molecule has 1 aromatic carbocycles. The third kappa shape index (κ3) is 3.80. The fourth-order valence-corrected chi connectivity index (χ4v) is 3.97.